The van der Waals surface area contributed by atoms with Crippen LogP contribution in [0.2, 0.25) is 0 Å². The Morgan fingerprint density at radius 2 is 1.59 bits per heavy atom. The second kappa shape index (κ2) is 9.15. The van der Waals surface area contributed by atoms with Gasteiger partial charge in [-0.25, -0.2) is 0 Å². The summed E-state index contributed by atoms with van der Waals surface area (Å²) in [6.45, 7) is 5.80. The average molecular weight is 454 g/mol. The molecule has 6 nitrogen and oxygen atoms in total. The van der Waals surface area contributed by atoms with Gasteiger partial charge < -0.3 is 19.5 Å². The lowest BCUT2D eigenvalue weighted by atomic mass is 10.0. The summed E-state index contributed by atoms with van der Waals surface area (Å²) >= 11 is 0. The fraction of sp³-hybridized carbons (Fsp3) is 0.214. The number of rotatable bonds is 4. The highest BCUT2D eigenvalue weighted by Crippen LogP contribution is 2.28. The molecule has 4 aromatic rings. The summed E-state index contributed by atoms with van der Waals surface area (Å²) in [6.07, 6.45) is 0. The predicted molar refractivity (Wildman–Crippen MR) is 137 cm³/mol. The first kappa shape index (κ1) is 21.9. The van der Waals surface area contributed by atoms with Crippen molar-refractivity contribution in [2.24, 2.45) is 0 Å². The number of nitrogens with zero attached hydrogens (tertiary/aromatic N) is 2. The van der Waals surface area contributed by atoms with Crippen molar-refractivity contribution in [1.29, 1.82) is 0 Å². The minimum absolute atomic E-state index is 0.133. The molecule has 0 spiro atoms. The molecule has 1 aromatic heterocycles. The van der Waals surface area contributed by atoms with Crippen molar-refractivity contribution in [3.8, 4) is 11.3 Å². The van der Waals surface area contributed by atoms with Crippen LogP contribution >= 0.6 is 0 Å². The van der Waals surface area contributed by atoms with E-state index < -0.39 is 0 Å². The van der Waals surface area contributed by atoms with E-state index in [4.69, 9.17) is 4.42 Å². The predicted octanol–water partition coefficient (Wildman–Crippen LogP) is 4.77. The number of piperazine rings is 1. The quantitative estimate of drug-likeness (QED) is 0.482. The van der Waals surface area contributed by atoms with Gasteiger partial charge in [-0.15, -0.1) is 0 Å². The van der Waals surface area contributed by atoms with Crippen LogP contribution in [0.15, 0.2) is 82.0 Å². The Bertz CT molecular complexity index is 1390. The van der Waals surface area contributed by atoms with Gasteiger partial charge in [0.1, 0.15) is 5.76 Å². The molecule has 0 aliphatic carbocycles. The lowest BCUT2D eigenvalue weighted by molar-refractivity contribution is 0.102. The Morgan fingerprint density at radius 3 is 2.29 bits per heavy atom. The number of hydrogen-bond acceptors (Lipinski definition) is 5. The highest BCUT2D eigenvalue weighted by Gasteiger charge is 2.19. The minimum atomic E-state index is -0.316. The molecule has 172 valence electrons. The van der Waals surface area contributed by atoms with E-state index in [2.05, 4.69) is 22.2 Å². The molecule has 0 saturated carbocycles. The van der Waals surface area contributed by atoms with Gasteiger partial charge in [0.05, 0.1) is 10.9 Å². The molecule has 0 unspecified atom stereocenters. The van der Waals surface area contributed by atoms with E-state index >= 15 is 0 Å². The molecule has 0 bridgehead atoms. The van der Waals surface area contributed by atoms with Crippen molar-refractivity contribution in [2.75, 3.05) is 43.4 Å². The van der Waals surface area contributed by atoms with Crippen molar-refractivity contribution in [3.63, 3.8) is 0 Å². The van der Waals surface area contributed by atoms with Crippen LogP contribution in [0, 0.1) is 6.92 Å². The molecule has 1 amide bonds. The van der Waals surface area contributed by atoms with Crippen molar-refractivity contribution < 1.29 is 9.21 Å². The zero-order valence-corrected chi connectivity index (χ0v) is 19.4. The van der Waals surface area contributed by atoms with Crippen LogP contribution < -0.4 is 15.6 Å². The fourth-order valence-corrected chi connectivity index (χ4v) is 4.37. The average Bonchev–Trinajstić information content (AvgIpc) is 2.87. The van der Waals surface area contributed by atoms with Crippen LogP contribution in [0.5, 0.6) is 0 Å². The smallest absolute Gasteiger partial charge is 0.259 e. The standard InChI is InChI=1S/C28H27N3O3/c1-19-25(32)23-9-6-10-24(27(23)34-26(19)20-7-4-3-5-8-20)28(33)29-21-11-13-22(14-12-21)31-17-15-30(2)16-18-31/h3-14H,15-18H2,1-2H3,(H,29,33). The second-order valence-corrected chi connectivity index (χ2v) is 8.72. The molecule has 0 atom stereocenters. The van der Waals surface area contributed by atoms with E-state index in [0.29, 0.717) is 33.5 Å². The van der Waals surface area contributed by atoms with Gasteiger partial charge in [0.15, 0.2) is 11.0 Å². The zero-order valence-electron chi connectivity index (χ0n) is 19.4. The number of carbonyl (C=O) groups is 1. The SMILES string of the molecule is Cc1c(-c2ccccc2)oc2c(C(=O)Nc3ccc(N4CCN(C)CC4)cc3)cccc2c1=O. The van der Waals surface area contributed by atoms with Crippen LogP contribution in [-0.4, -0.2) is 44.0 Å². The minimum Gasteiger partial charge on any atom is -0.455 e. The molecule has 1 N–H and O–H groups in total. The van der Waals surface area contributed by atoms with Gasteiger partial charge in [-0.1, -0.05) is 36.4 Å². The summed E-state index contributed by atoms with van der Waals surface area (Å²) < 4.78 is 6.19. The van der Waals surface area contributed by atoms with Crippen LogP contribution in [-0.2, 0) is 0 Å². The summed E-state index contributed by atoms with van der Waals surface area (Å²) in [5.41, 5.74) is 3.65. The van der Waals surface area contributed by atoms with E-state index in [9.17, 15) is 9.59 Å². The van der Waals surface area contributed by atoms with Gasteiger partial charge in [0, 0.05) is 48.7 Å². The molecule has 3 aromatic carbocycles. The van der Waals surface area contributed by atoms with Crippen molar-refractivity contribution in [3.05, 3.63) is 94.1 Å². The Balaban J connectivity index is 1.44. The van der Waals surface area contributed by atoms with Crippen molar-refractivity contribution in [1.82, 2.24) is 4.90 Å². The fourth-order valence-electron chi connectivity index (χ4n) is 4.37. The van der Waals surface area contributed by atoms with Gasteiger partial charge in [-0.05, 0) is 50.4 Å². The van der Waals surface area contributed by atoms with Crippen LogP contribution in [0.1, 0.15) is 15.9 Å². The molecule has 34 heavy (non-hydrogen) atoms. The Labute approximate surface area is 198 Å². The maximum absolute atomic E-state index is 13.2. The maximum atomic E-state index is 13.2. The maximum Gasteiger partial charge on any atom is 0.259 e. The van der Waals surface area contributed by atoms with E-state index in [1.165, 1.54) is 0 Å². The zero-order chi connectivity index (χ0) is 23.7. The molecule has 0 radical (unpaired) electrons. The first-order valence-corrected chi connectivity index (χ1v) is 11.5. The molecular formula is C28H27N3O3. The number of benzene rings is 3. The number of carbonyl (C=O) groups excluding carboxylic acids is 1. The molecule has 1 saturated heterocycles. The van der Waals surface area contributed by atoms with Crippen LogP contribution in [0.3, 0.4) is 0 Å². The van der Waals surface area contributed by atoms with Crippen LogP contribution in [0.25, 0.3) is 22.3 Å². The number of para-hydroxylation sites is 1. The number of nitrogens with one attached hydrogen (secondary N) is 1. The van der Waals surface area contributed by atoms with Gasteiger partial charge in [0.25, 0.3) is 5.91 Å². The van der Waals surface area contributed by atoms with Gasteiger partial charge in [-0.2, -0.15) is 0 Å². The summed E-state index contributed by atoms with van der Waals surface area (Å²) in [5, 5.41) is 3.35. The molecule has 5 rings (SSSR count). The molecule has 6 heteroatoms. The molecule has 1 fully saturated rings. The van der Waals surface area contributed by atoms with Gasteiger partial charge in [-0.3, -0.25) is 9.59 Å². The molecule has 1 aliphatic heterocycles. The first-order valence-electron chi connectivity index (χ1n) is 11.5. The number of hydrogen-bond donors (Lipinski definition) is 1. The van der Waals surface area contributed by atoms with E-state index in [1.54, 1.807) is 25.1 Å². The summed E-state index contributed by atoms with van der Waals surface area (Å²) in [6, 6.07) is 22.4. The Kier molecular flexibility index (Phi) is 5.90. The van der Waals surface area contributed by atoms with Crippen molar-refractivity contribution >= 4 is 28.3 Å². The number of anilines is 2. The third-order valence-corrected chi connectivity index (χ3v) is 6.42. The Morgan fingerprint density at radius 1 is 0.882 bits per heavy atom. The topological polar surface area (TPSA) is 65.8 Å². The lowest BCUT2D eigenvalue weighted by Crippen LogP contribution is -2.44. The summed E-state index contributed by atoms with van der Waals surface area (Å²) in [7, 11) is 2.13. The van der Waals surface area contributed by atoms with Crippen molar-refractivity contribution in [2.45, 2.75) is 6.92 Å². The molecule has 2 heterocycles. The number of amides is 1. The Hall–Kier alpha value is -3.90. The monoisotopic (exact) mass is 453 g/mol. The third kappa shape index (κ3) is 4.20. The lowest BCUT2D eigenvalue weighted by Gasteiger charge is -2.34. The van der Waals surface area contributed by atoms with Gasteiger partial charge >= 0.3 is 0 Å². The molecule has 1 aliphatic rings. The number of fused-ring (bicyclic) bond motifs is 1. The normalized spacial score (nSPS) is 14.4. The first-order chi connectivity index (χ1) is 16.5. The van der Waals surface area contributed by atoms with E-state index in [0.717, 1.165) is 37.4 Å². The summed E-state index contributed by atoms with van der Waals surface area (Å²) in [4.78, 5) is 30.9. The summed E-state index contributed by atoms with van der Waals surface area (Å²) in [5.74, 6) is 0.166. The second-order valence-electron chi connectivity index (χ2n) is 8.72. The van der Waals surface area contributed by atoms with E-state index in [-0.39, 0.29) is 11.3 Å². The highest BCUT2D eigenvalue weighted by molar-refractivity contribution is 6.11. The third-order valence-electron chi connectivity index (χ3n) is 6.42. The largest absolute Gasteiger partial charge is 0.455 e. The van der Waals surface area contributed by atoms with Crippen LogP contribution in [0.4, 0.5) is 11.4 Å². The van der Waals surface area contributed by atoms with Gasteiger partial charge in [0.2, 0.25) is 0 Å². The molecular weight excluding hydrogens is 426 g/mol. The number of likely N-dealkylation sites (N-methyl/N-ethyl adjacent to an activating group) is 1. The highest BCUT2D eigenvalue weighted by atomic mass is 16.3. The van der Waals surface area contributed by atoms with E-state index in [1.807, 2.05) is 54.6 Å².